The highest BCUT2D eigenvalue weighted by molar-refractivity contribution is 6.91. The Labute approximate surface area is 352 Å². The van der Waals surface area contributed by atoms with Crippen molar-refractivity contribution in [1.82, 2.24) is 19.8 Å². The normalized spacial score (nSPS) is 32.1. The van der Waals surface area contributed by atoms with Crippen LogP contribution >= 0.6 is 0 Å². The number of aromatic nitrogens is 2. The van der Waals surface area contributed by atoms with Gasteiger partial charge in [0.05, 0.1) is 38.6 Å². The van der Waals surface area contributed by atoms with E-state index >= 15 is 0 Å². The molecule has 4 bridgehead atoms. The summed E-state index contributed by atoms with van der Waals surface area (Å²) in [6.07, 6.45) is 12.8. The van der Waals surface area contributed by atoms with Gasteiger partial charge in [-0.1, -0.05) is 126 Å². The van der Waals surface area contributed by atoms with Gasteiger partial charge in [0.25, 0.3) is 0 Å². The lowest BCUT2D eigenvalue weighted by Gasteiger charge is -2.62. The average molecular weight is 807 g/mol. The van der Waals surface area contributed by atoms with Crippen molar-refractivity contribution < 1.29 is 0 Å². The van der Waals surface area contributed by atoms with Gasteiger partial charge in [0.2, 0.25) is 0 Å². The van der Waals surface area contributed by atoms with Gasteiger partial charge >= 0.3 is 0 Å². The SMILES string of the molecule is C[C@@H]1C[C@H]2Cc3nc(-c4nc5c(cc4[Si](C)(C)C)[C@@]46C[C@H](C)C[C@@H](C5)[C@H]4CCCN6Cc4ccccc4)c([Si](C)(C)C)cc3[C@@]3(C1)[C@@H]2CCCN3Cc1ccccc1. The van der Waals surface area contributed by atoms with Crippen molar-refractivity contribution in [2.24, 2.45) is 35.5 Å². The highest BCUT2D eigenvalue weighted by Gasteiger charge is 2.59. The van der Waals surface area contributed by atoms with E-state index in [0.717, 1.165) is 49.6 Å². The minimum atomic E-state index is -1.88. The lowest BCUT2D eigenvalue weighted by atomic mass is 9.53. The summed E-state index contributed by atoms with van der Waals surface area (Å²) in [5.74, 6) is 4.32. The molecule has 6 aliphatic rings. The van der Waals surface area contributed by atoms with E-state index in [1.165, 1.54) is 98.4 Å². The van der Waals surface area contributed by atoms with Crippen LogP contribution in [0.5, 0.6) is 0 Å². The largest absolute Gasteiger partial charge is 0.289 e. The summed E-state index contributed by atoms with van der Waals surface area (Å²) in [6.45, 7) is 25.0. The van der Waals surface area contributed by atoms with Crippen molar-refractivity contribution in [2.75, 3.05) is 13.1 Å². The lowest BCUT2D eigenvalue weighted by molar-refractivity contribution is -0.0968. The molecule has 0 unspecified atom stereocenters. The Balaban J connectivity index is 1.16. The summed E-state index contributed by atoms with van der Waals surface area (Å²) >= 11 is 0. The Morgan fingerprint density at radius 1 is 0.586 bits per heavy atom. The van der Waals surface area contributed by atoms with Crippen LogP contribution in [0.15, 0.2) is 72.8 Å². The summed E-state index contributed by atoms with van der Waals surface area (Å²) in [5.41, 5.74) is 11.6. The average Bonchev–Trinajstić information content (AvgIpc) is 3.17. The van der Waals surface area contributed by atoms with Crippen molar-refractivity contribution in [2.45, 2.75) is 142 Å². The van der Waals surface area contributed by atoms with Gasteiger partial charge in [-0.2, -0.15) is 0 Å². The molecule has 2 aromatic heterocycles. The maximum Gasteiger partial charge on any atom is 0.0881 e. The van der Waals surface area contributed by atoms with Gasteiger partial charge in [-0.25, -0.2) is 0 Å². The monoisotopic (exact) mass is 807 g/mol. The molecule has 2 saturated heterocycles. The molecule has 8 atom stereocenters. The van der Waals surface area contributed by atoms with E-state index < -0.39 is 16.1 Å². The molecule has 2 aliphatic heterocycles. The number of benzene rings is 2. The van der Waals surface area contributed by atoms with Crippen molar-refractivity contribution >= 4 is 26.5 Å². The molecule has 4 aliphatic carbocycles. The van der Waals surface area contributed by atoms with Gasteiger partial charge in [-0.15, -0.1) is 0 Å². The van der Waals surface area contributed by atoms with E-state index in [-0.39, 0.29) is 11.1 Å². The highest BCUT2D eigenvalue weighted by atomic mass is 28.3. The zero-order chi connectivity index (χ0) is 40.2. The van der Waals surface area contributed by atoms with Crippen molar-refractivity contribution in [3.8, 4) is 11.4 Å². The van der Waals surface area contributed by atoms with Gasteiger partial charge in [-0.05, 0) is 145 Å². The molecular formula is C52H70N4Si2. The number of fused-ring (bicyclic) bond motifs is 2. The fourth-order valence-electron chi connectivity index (χ4n) is 14.4. The summed E-state index contributed by atoms with van der Waals surface area (Å²) in [7, 11) is -3.76. The molecule has 58 heavy (non-hydrogen) atoms. The summed E-state index contributed by atoms with van der Waals surface area (Å²) in [5, 5.41) is 3.11. The minimum Gasteiger partial charge on any atom is -0.289 e. The molecule has 0 amide bonds. The highest BCUT2D eigenvalue weighted by Crippen LogP contribution is 2.61. The first-order valence-corrected chi connectivity index (χ1v) is 30.4. The number of piperidine rings is 2. The maximum absolute atomic E-state index is 6.10. The second-order valence-corrected chi connectivity index (χ2v) is 32.5. The van der Waals surface area contributed by atoms with Gasteiger partial charge in [-0.3, -0.25) is 19.8 Å². The number of hydrogen-bond donors (Lipinski definition) is 0. The molecule has 4 heterocycles. The van der Waals surface area contributed by atoms with E-state index in [2.05, 4.69) is 136 Å². The van der Waals surface area contributed by atoms with Gasteiger partial charge in [0.1, 0.15) is 0 Å². The summed E-state index contributed by atoms with van der Waals surface area (Å²) in [4.78, 5) is 18.1. The summed E-state index contributed by atoms with van der Waals surface area (Å²) < 4.78 is 0. The van der Waals surface area contributed by atoms with Crippen molar-refractivity contribution in [1.29, 1.82) is 0 Å². The third-order valence-corrected chi connectivity index (χ3v) is 20.4. The Bertz CT molecular complexity index is 2020. The Kier molecular flexibility index (Phi) is 9.71. The third kappa shape index (κ3) is 6.31. The Morgan fingerprint density at radius 3 is 1.36 bits per heavy atom. The molecule has 0 spiro atoms. The van der Waals surface area contributed by atoms with Crippen molar-refractivity contribution in [3.63, 3.8) is 0 Å². The standard InChI is InChI=1S/C52H70N4Si2/c1-35-25-39-27-45-43(51(31-35)41(39)21-15-23-55(51)33-37-17-11-9-12-18-37)29-47(57(3,4)5)49(53-45)50-48(58(6,7)8)30-44-46(54-50)28-40-26-36(2)32-52(44)42(40)22-16-24-56(52)34-38-19-13-10-14-20-38/h9-14,17-20,29-30,35-36,39-42H,15-16,21-28,31-34H2,1-8H3/t35-,36-,39+,40+,41-,42-,51-,52-/m1/s1. The zero-order valence-electron chi connectivity index (χ0n) is 37.1. The van der Waals surface area contributed by atoms with Crippen LogP contribution in [0.25, 0.3) is 11.4 Å². The van der Waals surface area contributed by atoms with Crippen LogP contribution < -0.4 is 10.4 Å². The second-order valence-electron chi connectivity index (χ2n) is 22.4. The second kappa shape index (κ2) is 14.3. The number of nitrogens with zero attached hydrogens (tertiary/aromatic N) is 4. The fraction of sp³-hybridized carbons (Fsp3) is 0.577. The minimum absolute atomic E-state index is 0.0698. The molecule has 4 aromatic rings. The van der Waals surface area contributed by atoms with E-state index in [1.54, 1.807) is 21.5 Å². The molecular weight excluding hydrogens is 737 g/mol. The Hall–Kier alpha value is -2.91. The number of likely N-dealkylation sites (tertiary alicyclic amines) is 2. The maximum atomic E-state index is 6.10. The fourth-order valence-corrected chi connectivity index (χ4v) is 17.3. The van der Waals surface area contributed by atoms with Gasteiger partial charge < -0.3 is 0 Å². The summed E-state index contributed by atoms with van der Waals surface area (Å²) in [6, 6.07) is 28.3. The molecule has 2 saturated carbocycles. The predicted octanol–water partition coefficient (Wildman–Crippen LogP) is 10.7. The smallest absolute Gasteiger partial charge is 0.0881 e. The topological polar surface area (TPSA) is 32.3 Å². The molecule has 4 fully saturated rings. The molecule has 2 aromatic carbocycles. The van der Waals surface area contributed by atoms with Crippen LogP contribution in [0.4, 0.5) is 0 Å². The zero-order valence-corrected chi connectivity index (χ0v) is 39.1. The quantitative estimate of drug-likeness (QED) is 0.174. The number of hydrogen-bond acceptors (Lipinski definition) is 4. The van der Waals surface area contributed by atoms with E-state index in [4.69, 9.17) is 9.97 Å². The Morgan fingerprint density at radius 2 is 0.983 bits per heavy atom. The first-order chi connectivity index (χ1) is 27.8. The van der Waals surface area contributed by atoms with E-state index in [0.29, 0.717) is 11.8 Å². The van der Waals surface area contributed by atoms with Crippen LogP contribution in [-0.4, -0.2) is 49.0 Å². The first kappa shape index (κ1) is 39.2. The lowest BCUT2D eigenvalue weighted by Crippen LogP contribution is -2.62. The molecule has 0 radical (unpaired) electrons. The van der Waals surface area contributed by atoms with Crippen LogP contribution in [0.3, 0.4) is 0 Å². The molecule has 4 nitrogen and oxygen atoms in total. The third-order valence-electron chi connectivity index (χ3n) is 16.4. The van der Waals surface area contributed by atoms with Crippen LogP contribution in [0.1, 0.15) is 98.9 Å². The van der Waals surface area contributed by atoms with Crippen LogP contribution in [-0.2, 0) is 37.0 Å². The van der Waals surface area contributed by atoms with Crippen molar-refractivity contribution in [3.05, 3.63) is 106 Å². The first-order valence-electron chi connectivity index (χ1n) is 23.4. The van der Waals surface area contributed by atoms with Gasteiger partial charge in [0, 0.05) is 24.5 Å². The predicted molar refractivity (Wildman–Crippen MR) is 247 cm³/mol. The number of rotatable bonds is 7. The number of pyridine rings is 2. The van der Waals surface area contributed by atoms with Gasteiger partial charge in [0.15, 0.2) is 0 Å². The molecule has 306 valence electrons. The van der Waals surface area contributed by atoms with E-state index in [1.807, 2.05) is 0 Å². The van der Waals surface area contributed by atoms with Crippen LogP contribution in [0.2, 0.25) is 39.3 Å². The van der Waals surface area contributed by atoms with Crippen LogP contribution in [0, 0.1) is 35.5 Å². The molecule has 6 heteroatoms. The molecule has 10 rings (SSSR count). The molecule has 0 N–H and O–H groups in total. The van der Waals surface area contributed by atoms with E-state index in [9.17, 15) is 0 Å².